The Morgan fingerprint density at radius 3 is 2.15 bits per heavy atom. The Labute approximate surface area is 157 Å². The SMILES string of the molecule is CC(C)(C)OC(=O)NCCc1cccc(-c2ccc(C(C)(C)C)cc2)c1. The van der Waals surface area contributed by atoms with Crippen LogP contribution in [0.25, 0.3) is 11.1 Å². The molecule has 0 radical (unpaired) electrons. The van der Waals surface area contributed by atoms with E-state index in [0.29, 0.717) is 6.54 Å². The molecule has 0 saturated heterocycles. The molecule has 0 unspecified atom stereocenters. The molecule has 1 N–H and O–H groups in total. The first-order valence-electron chi connectivity index (χ1n) is 9.21. The van der Waals surface area contributed by atoms with E-state index in [0.717, 1.165) is 6.42 Å². The predicted molar refractivity (Wildman–Crippen MR) is 109 cm³/mol. The number of alkyl carbamates (subject to hydrolysis) is 1. The molecule has 2 rings (SSSR count). The van der Waals surface area contributed by atoms with Crippen molar-refractivity contribution in [2.75, 3.05) is 6.54 Å². The van der Waals surface area contributed by atoms with E-state index in [4.69, 9.17) is 4.74 Å². The molecule has 1 amide bonds. The topological polar surface area (TPSA) is 38.3 Å². The summed E-state index contributed by atoms with van der Waals surface area (Å²) >= 11 is 0. The third-order valence-electron chi connectivity index (χ3n) is 4.09. The maximum atomic E-state index is 11.7. The molecule has 2 aromatic carbocycles. The smallest absolute Gasteiger partial charge is 0.407 e. The number of hydrogen-bond donors (Lipinski definition) is 1. The quantitative estimate of drug-likeness (QED) is 0.763. The molecule has 0 aliphatic heterocycles. The van der Waals surface area contributed by atoms with Gasteiger partial charge in [0, 0.05) is 6.54 Å². The molecule has 0 spiro atoms. The Bertz CT molecular complexity index is 734. The third kappa shape index (κ3) is 6.21. The Hall–Kier alpha value is -2.29. The summed E-state index contributed by atoms with van der Waals surface area (Å²) in [5.74, 6) is 0. The first-order valence-corrected chi connectivity index (χ1v) is 9.21. The lowest BCUT2D eigenvalue weighted by Crippen LogP contribution is -2.33. The molecule has 3 nitrogen and oxygen atoms in total. The lowest BCUT2D eigenvalue weighted by molar-refractivity contribution is 0.0528. The van der Waals surface area contributed by atoms with E-state index in [1.54, 1.807) is 0 Å². The van der Waals surface area contributed by atoms with Crippen LogP contribution >= 0.6 is 0 Å². The van der Waals surface area contributed by atoms with Crippen molar-refractivity contribution in [1.82, 2.24) is 5.32 Å². The third-order valence-corrected chi connectivity index (χ3v) is 4.09. The van der Waals surface area contributed by atoms with Crippen LogP contribution in [0.3, 0.4) is 0 Å². The number of rotatable bonds is 4. The van der Waals surface area contributed by atoms with Gasteiger partial charge in [-0.1, -0.05) is 69.3 Å². The van der Waals surface area contributed by atoms with Crippen LogP contribution in [-0.4, -0.2) is 18.2 Å². The Morgan fingerprint density at radius 1 is 0.923 bits per heavy atom. The standard InChI is InChI=1S/C23H31NO2/c1-22(2,3)20-12-10-18(11-13-20)19-9-7-8-17(16-19)14-15-24-21(25)26-23(4,5)6/h7-13,16H,14-15H2,1-6H3,(H,24,25). The molecule has 0 aromatic heterocycles. The van der Waals surface area contributed by atoms with Crippen LogP contribution in [0.4, 0.5) is 4.79 Å². The Morgan fingerprint density at radius 2 is 1.58 bits per heavy atom. The van der Waals surface area contributed by atoms with Crippen molar-refractivity contribution in [2.24, 2.45) is 0 Å². The molecule has 26 heavy (non-hydrogen) atoms. The molecule has 0 bridgehead atoms. The van der Waals surface area contributed by atoms with E-state index in [-0.39, 0.29) is 11.5 Å². The van der Waals surface area contributed by atoms with Crippen LogP contribution in [0.2, 0.25) is 0 Å². The van der Waals surface area contributed by atoms with Gasteiger partial charge in [-0.15, -0.1) is 0 Å². The highest BCUT2D eigenvalue weighted by atomic mass is 16.6. The van der Waals surface area contributed by atoms with Gasteiger partial charge in [-0.3, -0.25) is 0 Å². The largest absolute Gasteiger partial charge is 0.444 e. The molecule has 0 heterocycles. The first kappa shape index (κ1) is 20.0. The fraction of sp³-hybridized carbons (Fsp3) is 0.435. The highest BCUT2D eigenvalue weighted by Gasteiger charge is 2.15. The zero-order chi connectivity index (χ0) is 19.4. The minimum atomic E-state index is -0.469. The van der Waals surface area contributed by atoms with E-state index in [9.17, 15) is 4.79 Å². The summed E-state index contributed by atoms with van der Waals surface area (Å²) in [5, 5.41) is 2.81. The number of hydrogen-bond acceptors (Lipinski definition) is 2. The average Bonchev–Trinajstić information content (AvgIpc) is 2.53. The van der Waals surface area contributed by atoms with Crippen molar-refractivity contribution in [3.05, 3.63) is 59.7 Å². The number of amides is 1. The van der Waals surface area contributed by atoms with Gasteiger partial charge in [0.15, 0.2) is 0 Å². The zero-order valence-corrected chi connectivity index (χ0v) is 16.8. The van der Waals surface area contributed by atoms with E-state index in [1.165, 1.54) is 22.3 Å². The van der Waals surface area contributed by atoms with Gasteiger partial charge >= 0.3 is 6.09 Å². The molecule has 0 aliphatic carbocycles. The molecular formula is C23H31NO2. The lowest BCUT2D eigenvalue weighted by Gasteiger charge is -2.19. The van der Waals surface area contributed by atoms with Gasteiger partial charge in [-0.05, 0) is 54.9 Å². The molecule has 2 aromatic rings. The number of carbonyl (C=O) groups is 1. The second-order valence-electron chi connectivity index (χ2n) is 8.71. The highest BCUT2D eigenvalue weighted by molar-refractivity contribution is 5.68. The van der Waals surface area contributed by atoms with Crippen LogP contribution in [-0.2, 0) is 16.6 Å². The minimum absolute atomic E-state index is 0.160. The van der Waals surface area contributed by atoms with Crippen molar-refractivity contribution in [2.45, 2.75) is 59.0 Å². The van der Waals surface area contributed by atoms with Crippen molar-refractivity contribution < 1.29 is 9.53 Å². The monoisotopic (exact) mass is 353 g/mol. The lowest BCUT2D eigenvalue weighted by atomic mass is 9.86. The number of carbonyl (C=O) groups excluding carboxylic acids is 1. The van der Waals surface area contributed by atoms with Crippen molar-refractivity contribution in [1.29, 1.82) is 0 Å². The Balaban J connectivity index is 1.99. The van der Waals surface area contributed by atoms with Crippen LogP contribution in [0.1, 0.15) is 52.7 Å². The van der Waals surface area contributed by atoms with Gasteiger partial charge in [0.25, 0.3) is 0 Å². The number of ether oxygens (including phenoxy) is 1. The summed E-state index contributed by atoms with van der Waals surface area (Å²) in [6.07, 6.45) is 0.402. The van der Waals surface area contributed by atoms with Gasteiger partial charge in [-0.2, -0.15) is 0 Å². The fourth-order valence-electron chi connectivity index (χ4n) is 2.69. The predicted octanol–water partition coefficient (Wildman–Crippen LogP) is 5.72. The van der Waals surface area contributed by atoms with Gasteiger partial charge in [0.2, 0.25) is 0 Å². The maximum Gasteiger partial charge on any atom is 0.407 e. The van der Waals surface area contributed by atoms with Crippen LogP contribution in [0, 0.1) is 0 Å². The molecule has 0 fully saturated rings. The molecule has 0 saturated carbocycles. The van der Waals surface area contributed by atoms with Crippen molar-refractivity contribution in [3.63, 3.8) is 0 Å². The maximum absolute atomic E-state index is 11.7. The van der Waals surface area contributed by atoms with E-state index in [2.05, 4.69) is 74.6 Å². The number of benzene rings is 2. The molecule has 0 aliphatic rings. The van der Waals surface area contributed by atoms with Gasteiger partial charge in [0.1, 0.15) is 5.60 Å². The molecule has 3 heteroatoms. The van der Waals surface area contributed by atoms with E-state index < -0.39 is 5.60 Å². The molecular weight excluding hydrogens is 322 g/mol. The normalized spacial score (nSPS) is 11.9. The van der Waals surface area contributed by atoms with Crippen molar-refractivity contribution in [3.8, 4) is 11.1 Å². The molecule has 140 valence electrons. The first-order chi connectivity index (χ1) is 12.0. The summed E-state index contributed by atoms with van der Waals surface area (Å²) in [5.41, 5.74) is 4.62. The second-order valence-corrected chi connectivity index (χ2v) is 8.71. The summed E-state index contributed by atoms with van der Waals surface area (Å²) in [7, 11) is 0. The summed E-state index contributed by atoms with van der Waals surface area (Å²) in [6.45, 7) is 12.8. The van der Waals surface area contributed by atoms with Crippen molar-refractivity contribution >= 4 is 6.09 Å². The zero-order valence-electron chi connectivity index (χ0n) is 16.8. The van der Waals surface area contributed by atoms with Gasteiger partial charge in [0.05, 0.1) is 0 Å². The van der Waals surface area contributed by atoms with Gasteiger partial charge in [-0.25, -0.2) is 4.79 Å². The summed E-state index contributed by atoms with van der Waals surface area (Å²) < 4.78 is 5.26. The Kier molecular flexibility index (Phi) is 6.12. The minimum Gasteiger partial charge on any atom is -0.444 e. The van der Waals surface area contributed by atoms with E-state index in [1.807, 2.05) is 20.8 Å². The van der Waals surface area contributed by atoms with Crippen LogP contribution in [0.5, 0.6) is 0 Å². The van der Waals surface area contributed by atoms with Crippen LogP contribution in [0.15, 0.2) is 48.5 Å². The molecule has 0 atom stereocenters. The summed E-state index contributed by atoms with van der Waals surface area (Å²) in [6, 6.07) is 17.2. The highest BCUT2D eigenvalue weighted by Crippen LogP contribution is 2.26. The average molecular weight is 354 g/mol. The number of nitrogens with one attached hydrogen (secondary N) is 1. The summed E-state index contributed by atoms with van der Waals surface area (Å²) in [4.78, 5) is 11.7. The second kappa shape index (κ2) is 7.94. The fourth-order valence-corrected chi connectivity index (χ4v) is 2.69. The van der Waals surface area contributed by atoms with Crippen LogP contribution < -0.4 is 5.32 Å². The van der Waals surface area contributed by atoms with E-state index >= 15 is 0 Å². The van der Waals surface area contributed by atoms with Gasteiger partial charge < -0.3 is 10.1 Å².